The fourth-order valence-corrected chi connectivity index (χ4v) is 2.15. The van der Waals surface area contributed by atoms with Crippen molar-refractivity contribution >= 4 is 5.84 Å². The van der Waals surface area contributed by atoms with Crippen molar-refractivity contribution < 1.29 is 9.94 Å². The molecule has 1 aliphatic rings. The van der Waals surface area contributed by atoms with E-state index in [4.69, 9.17) is 15.7 Å². The van der Waals surface area contributed by atoms with E-state index in [0.29, 0.717) is 0 Å². The van der Waals surface area contributed by atoms with Crippen LogP contribution in [0, 0.1) is 0 Å². The number of ether oxygens (including phenoxy) is 1. The van der Waals surface area contributed by atoms with E-state index in [9.17, 15) is 0 Å². The molecule has 1 aromatic carbocycles. The zero-order valence-electron chi connectivity index (χ0n) is 11.6. The number of hydrogen-bond donors (Lipinski definition) is 3. The van der Waals surface area contributed by atoms with Crippen LogP contribution < -0.4 is 11.1 Å². The van der Waals surface area contributed by atoms with Crippen molar-refractivity contribution in [2.45, 2.75) is 6.54 Å². The van der Waals surface area contributed by atoms with Gasteiger partial charge in [0.05, 0.1) is 13.2 Å². The first kappa shape index (κ1) is 14.8. The van der Waals surface area contributed by atoms with Crippen molar-refractivity contribution in [1.82, 2.24) is 10.2 Å². The molecule has 1 heterocycles. The summed E-state index contributed by atoms with van der Waals surface area (Å²) in [7, 11) is 0. The van der Waals surface area contributed by atoms with Gasteiger partial charge in [0, 0.05) is 38.3 Å². The number of nitrogens with zero attached hydrogens (tertiary/aromatic N) is 2. The molecule has 6 nitrogen and oxygen atoms in total. The van der Waals surface area contributed by atoms with E-state index in [2.05, 4.69) is 15.4 Å². The molecule has 2 rings (SSSR count). The van der Waals surface area contributed by atoms with Gasteiger partial charge in [-0.1, -0.05) is 29.4 Å². The van der Waals surface area contributed by atoms with Crippen LogP contribution in [0.1, 0.15) is 11.1 Å². The van der Waals surface area contributed by atoms with Crippen molar-refractivity contribution in [3.8, 4) is 0 Å². The summed E-state index contributed by atoms with van der Waals surface area (Å²) in [5, 5.41) is 15.0. The van der Waals surface area contributed by atoms with Crippen LogP contribution in [0.2, 0.25) is 0 Å². The Kier molecular flexibility index (Phi) is 5.79. The Bertz CT molecular complexity index is 427. The molecule has 0 aliphatic carbocycles. The van der Waals surface area contributed by atoms with Crippen LogP contribution in [0.25, 0.3) is 0 Å². The second-order valence-electron chi connectivity index (χ2n) is 4.81. The molecule has 0 bridgehead atoms. The summed E-state index contributed by atoms with van der Waals surface area (Å²) in [6.07, 6.45) is 0. The minimum absolute atomic E-state index is 0.136. The van der Waals surface area contributed by atoms with Crippen LogP contribution in [0.5, 0.6) is 0 Å². The van der Waals surface area contributed by atoms with Crippen LogP contribution in [-0.4, -0.2) is 55.3 Å². The largest absolute Gasteiger partial charge is 0.409 e. The topological polar surface area (TPSA) is 83.1 Å². The van der Waals surface area contributed by atoms with Gasteiger partial charge in [0.1, 0.15) is 0 Å². The van der Waals surface area contributed by atoms with Gasteiger partial charge in [0.2, 0.25) is 0 Å². The lowest BCUT2D eigenvalue weighted by Crippen LogP contribution is -2.40. The number of nitrogens with two attached hydrogens (primary N) is 1. The number of nitrogens with one attached hydrogen (secondary N) is 1. The zero-order valence-corrected chi connectivity index (χ0v) is 11.6. The Labute approximate surface area is 119 Å². The highest BCUT2D eigenvalue weighted by atomic mass is 16.5. The Hall–Kier alpha value is -1.63. The molecular formula is C14H22N4O2. The molecule has 1 fully saturated rings. The second-order valence-corrected chi connectivity index (χ2v) is 4.81. The first-order chi connectivity index (χ1) is 9.79. The van der Waals surface area contributed by atoms with Gasteiger partial charge < -0.3 is 21.0 Å². The monoisotopic (exact) mass is 278 g/mol. The molecule has 6 heteroatoms. The normalized spacial score (nSPS) is 17.3. The van der Waals surface area contributed by atoms with Crippen LogP contribution in [-0.2, 0) is 11.3 Å². The predicted molar refractivity (Wildman–Crippen MR) is 77.9 cm³/mol. The number of benzene rings is 1. The minimum atomic E-state index is 0.136. The summed E-state index contributed by atoms with van der Waals surface area (Å²) in [6.45, 7) is 6.56. The third-order valence-corrected chi connectivity index (χ3v) is 3.40. The Morgan fingerprint density at radius 1 is 1.30 bits per heavy atom. The number of oxime groups is 1. The van der Waals surface area contributed by atoms with E-state index in [-0.39, 0.29) is 5.84 Å². The molecule has 0 saturated carbocycles. The number of amidine groups is 1. The van der Waals surface area contributed by atoms with E-state index in [0.717, 1.165) is 51.5 Å². The third kappa shape index (κ3) is 4.48. The molecule has 110 valence electrons. The lowest BCUT2D eigenvalue weighted by atomic mass is 10.1. The van der Waals surface area contributed by atoms with Crippen molar-refractivity contribution in [1.29, 1.82) is 0 Å². The van der Waals surface area contributed by atoms with Gasteiger partial charge in [0.25, 0.3) is 0 Å². The van der Waals surface area contributed by atoms with E-state index in [1.165, 1.54) is 5.56 Å². The van der Waals surface area contributed by atoms with Gasteiger partial charge >= 0.3 is 0 Å². The zero-order chi connectivity index (χ0) is 14.2. The Morgan fingerprint density at radius 3 is 2.65 bits per heavy atom. The van der Waals surface area contributed by atoms with Crippen LogP contribution in [0.4, 0.5) is 0 Å². The number of rotatable bonds is 6. The maximum atomic E-state index is 8.59. The fourth-order valence-electron chi connectivity index (χ4n) is 2.15. The van der Waals surface area contributed by atoms with Gasteiger partial charge in [-0.15, -0.1) is 0 Å². The molecule has 0 spiro atoms. The van der Waals surface area contributed by atoms with Gasteiger partial charge in [-0.05, 0) is 5.56 Å². The molecule has 20 heavy (non-hydrogen) atoms. The highest BCUT2D eigenvalue weighted by Gasteiger charge is 2.08. The first-order valence-electron chi connectivity index (χ1n) is 6.87. The highest BCUT2D eigenvalue weighted by molar-refractivity contribution is 5.96. The molecular weight excluding hydrogens is 256 g/mol. The summed E-state index contributed by atoms with van der Waals surface area (Å²) in [5.74, 6) is 0.136. The summed E-state index contributed by atoms with van der Waals surface area (Å²) in [6, 6.07) is 7.67. The van der Waals surface area contributed by atoms with Crippen LogP contribution >= 0.6 is 0 Å². The highest BCUT2D eigenvalue weighted by Crippen LogP contribution is 2.04. The minimum Gasteiger partial charge on any atom is -0.409 e. The molecule has 1 aliphatic heterocycles. The first-order valence-corrected chi connectivity index (χ1v) is 6.87. The molecule has 1 aromatic rings. The van der Waals surface area contributed by atoms with E-state index < -0.39 is 0 Å². The molecule has 0 amide bonds. The Morgan fingerprint density at radius 2 is 2.00 bits per heavy atom. The summed E-state index contributed by atoms with van der Waals surface area (Å²) in [4.78, 5) is 2.40. The number of hydrogen-bond acceptors (Lipinski definition) is 5. The van der Waals surface area contributed by atoms with Gasteiger partial charge in [-0.3, -0.25) is 4.90 Å². The lowest BCUT2D eigenvalue weighted by molar-refractivity contribution is 0.0384. The average molecular weight is 278 g/mol. The van der Waals surface area contributed by atoms with Gasteiger partial charge in [-0.2, -0.15) is 0 Å². The Balaban J connectivity index is 1.68. The maximum Gasteiger partial charge on any atom is 0.170 e. The molecule has 4 N–H and O–H groups in total. The van der Waals surface area contributed by atoms with Crippen molar-refractivity contribution in [2.75, 3.05) is 39.4 Å². The smallest absolute Gasteiger partial charge is 0.170 e. The summed E-state index contributed by atoms with van der Waals surface area (Å²) >= 11 is 0. The van der Waals surface area contributed by atoms with Crippen LogP contribution in [0.15, 0.2) is 29.4 Å². The standard InChI is InChI=1S/C14H22N4O2/c15-14(17-19)13-3-1-12(2-4-13)11-16-5-6-18-7-9-20-10-8-18/h1-4,16,19H,5-11H2,(H2,15,17). The predicted octanol–water partition coefficient (Wildman–Crippen LogP) is 0.203. The lowest BCUT2D eigenvalue weighted by Gasteiger charge is -2.26. The van der Waals surface area contributed by atoms with Crippen molar-refractivity contribution in [3.63, 3.8) is 0 Å². The number of morpholine rings is 1. The van der Waals surface area contributed by atoms with Gasteiger partial charge in [0.15, 0.2) is 5.84 Å². The maximum absolute atomic E-state index is 8.59. The van der Waals surface area contributed by atoms with Gasteiger partial charge in [-0.25, -0.2) is 0 Å². The molecule has 0 radical (unpaired) electrons. The third-order valence-electron chi connectivity index (χ3n) is 3.40. The second kappa shape index (κ2) is 7.84. The molecule has 0 aromatic heterocycles. The molecule has 0 unspecified atom stereocenters. The SMILES string of the molecule is NC(=NO)c1ccc(CNCCN2CCOCC2)cc1. The molecule has 1 saturated heterocycles. The van der Waals surface area contributed by atoms with E-state index in [1.54, 1.807) is 0 Å². The fraction of sp³-hybridized carbons (Fsp3) is 0.500. The summed E-state index contributed by atoms with van der Waals surface area (Å²) < 4.78 is 5.32. The van der Waals surface area contributed by atoms with E-state index in [1.807, 2.05) is 24.3 Å². The van der Waals surface area contributed by atoms with Crippen molar-refractivity contribution in [2.24, 2.45) is 10.9 Å². The summed E-state index contributed by atoms with van der Waals surface area (Å²) in [5.41, 5.74) is 7.43. The molecule has 0 atom stereocenters. The quantitative estimate of drug-likeness (QED) is 0.228. The van der Waals surface area contributed by atoms with Crippen LogP contribution in [0.3, 0.4) is 0 Å². The van der Waals surface area contributed by atoms with E-state index >= 15 is 0 Å². The van der Waals surface area contributed by atoms with Crippen molar-refractivity contribution in [3.05, 3.63) is 35.4 Å². The average Bonchev–Trinajstić information content (AvgIpc) is 2.52.